The zero-order valence-corrected chi connectivity index (χ0v) is 23.7. The lowest BCUT2D eigenvalue weighted by atomic mass is 9.94. The molecule has 2 N–H and O–H groups in total. The number of rotatable bonds is 6. The van der Waals surface area contributed by atoms with Crippen molar-refractivity contribution >= 4 is 10.9 Å². The van der Waals surface area contributed by atoms with E-state index in [0.29, 0.717) is 24.5 Å². The molecular formula is C32H34N6O3. The predicted octanol–water partition coefficient (Wildman–Crippen LogP) is 4.34. The summed E-state index contributed by atoms with van der Waals surface area (Å²) in [5.74, 6) is 0.543. The van der Waals surface area contributed by atoms with Gasteiger partial charge >= 0.3 is 0 Å². The largest absolute Gasteiger partial charge is 0.389 e. The minimum atomic E-state index is -0.904. The highest BCUT2D eigenvalue weighted by Crippen LogP contribution is 2.38. The van der Waals surface area contributed by atoms with Gasteiger partial charge in [-0.2, -0.15) is 5.10 Å². The van der Waals surface area contributed by atoms with Gasteiger partial charge in [-0.3, -0.25) is 9.48 Å². The molecule has 1 unspecified atom stereocenters. The van der Waals surface area contributed by atoms with Gasteiger partial charge < -0.3 is 19.7 Å². The number of aryl methyl sites for hydroxylation is 2. The number of ether oxygens (including phenoxy) is 1. The molecule has 1 aliphatic heterocycles. The number of benzene rings is 2. The molecule has 0 spiro atoms. The molecule has 0 aliphatic carbocycles. The molecule has 0 radical (unpaired) electrons. The molecule has 1 aliphatic rings. The van der Waals surface area contributed by atoms with E-state index in [1.54, 1.807) is 36.3 Å². The Kier molecular flexibility index (Phi) is 7.03. The summed E-state index contributed by atoms with van der Waals surface area (Å²) in [6.07, 6.45) is 5.08. The van der Waals surface area contributed by atoms with Crippen LogP contribution in [0.2, 0.25) is 0 Å². The van der Waals surface area contributed by atoms with E-state index < -0.39 is 5.60 Å². The molecular weight excluding hydrogens is 516 g/mol. The first kappa shape index (κ1) is 27.0. The average Bonchev–Trinajstić information content (AvgIpc) is 3.42. The average molecular weight is 551 g/mol. The van der Waals surface area contributed by atoms with Gasteiger partial charge in [0, 0.05) is 36.9 Å². The number of fused-ring (bicyclic) bond motifs is 1. The smallest absolute Gasteiger partial charge is 0.253 e. The number of nitrogens with zero attached hydrogens (tertiary/aromatic N) is 5. The summed E-state index contributed by atoms with van der Waals surface area (Å²) in [4.78, 5) is 22.4. The first-order chi connectivity index (χ1) is 19.7. The Labute approximate surface area is 238 Å². The lowest BCUT2D eigenvalue weighted by molar-refractivity contribution is -0.00792. The molecule has 9 heteroatoms. The maximum absolute atomic E-state index is 12.3. The monoisotopic (exact) mass is 550 g/mol. The molecule has 1 fully saturated rings. The Morgan fingerprint density at radius 3 is 2.61 bits per heavy atom. The van der Waals surface area contributed by atoms with Gasteiger partial charge in [0.2, 0.25) is 0 Å². The van der Waals surface area contributed by atoms with Crippen LogP contribution in [0.5, 0.6) is 0 Å². The number of hydrogen-bond acceptors (Lipinski definition) is 7. The zero-order valence-electron chi connectivity index (χ0n) is 23.7. The van der Waals surface area contributed by atoms with E-state index in [9.17, 15) is 9.90 Å². The second-order valence-electron chi connectivity index (χ2n) is 11.4. The van der Waals surface area contributed by atoms with Crippen molar-refractivity contribution in [3.63, 3.8) is 0 Å². The second kappa shape index (κ2) is 10.7. The quantitative estimate of drug-likeness (QED) is 0.324. The first-order valence-corrected chi connectivity index (χ1v) is 13.8. The molecule has 41 heavy (non-hydrogen) atoms. The molecule has 3 aromatic heterocycles. The van der Waals surface area contributed by atoms with Gasteiger partial charge in [0.15, 0.2) is 5.82 Å². The summed E-state index contributed by atoms with van der Waals surface area (Å²) < 4.78 is 9.77. The third-order valence-electron chi connectivity index (χ3n) is 7.36. The number of pyridine rings is 1. The third kappa shape index (κ3) is 5.56. The van der Waals surface area contributed by atoms with Crippen LogP contribution in [0, 0.1) is 6.92 Å². The van der Waals surface area contributed by atoms with Crippen LogP contribution in [0.1, 0.15) is 42.8 Å². The van der Waals surface area contributed by atoms with E-state index in [1.807, 2.05) is 55.7 Å². The lowest BCUT2D eigenvalue weighted by Crippen LogP contribution is -2.37. The molecule has 0 amide bonds. The summed E-state index contributed by atoms with van der Waals surface area (Å²) >= 11 is 0. The van der Waals surface area contributed by atoms with Gasteiger partial charge in [-0.1, -0.05) is 36.4 Å². The fourth-order valence-corrected chi connectivity index (χ4v) is 5.47. The van der Waals surface area contributed by atoms with Gasteiger partial charge in [-0.15, -0.1) is 0 Å². The van der Waals surface area contributed by atoms with Crippen LogP contribution in [0.4, 0.5) is 0 Å². The van der Waals surface area contributed by atoms with E-state index in [-0.39, 0.29) is 17.7 Å². The zero-order chi connectivity index (χ0) is 28.7. The molecule has 5 aromatic rings. The second-order valence-corrected chi connectivity index (χ2v) is 11.4. The fraction of sp³-hybridized carbons (Fsp3) is 0.312. The Morgan fingerprint density at radius 1 is 1.05 bits per heavy atom. The Hall–Kier alpha value is -4.18. The van der Waals surface area contributed by atoms with Gasteiger partial charge in [0.1, 0.15) is 6.10 Å². The van der Waals surface area contributed by atoms with Gasteiger partial charge in [0.25, 0.3) is 5.56 Å². The number of nitrogens with one attached hydrogen (secondary N) is 1. The number of aromatic nitrogens is 5. The lowest BCUT2D eigenvalue weighted by Gasteiger charge is -2.33. The van der Waals surface area contributed by atoms with E-state index in [0.717, 1.165) is 45.4 Å². The van der Waals surface area contributed by atoms with E-state index in [2.05, 4.69) is 28.6 Å². The standard InChI is InChI=1S/C32H34N6O3/c1-20-14-23(17-37(4)31(20)39)22-10-11-26-25(15-22)28(29-27(33-12-13-41-29)21-8-6-5-7-9-21)36-30(35-26)24-16-34-38(18-24)19-32(2,3)40/h5-11,14-18,27,29,33,40H,12-13,19H2,1-4H3/t27?,29-/m0/s1. The maximum Gasteiger partial charge on any atom is 0.253 e. The minimum absolute atomic E-state index is 0.0132. The summed E-state index contributed by atoms with van der Waals surface area (Å²) in [7, 11) is 1.77. The van der Waals surface area contributed by atoms with Crippen LogP contribution >= 0.6 is 0 Å². The predicted molar refractivity (Wildman–Crippen MR) is 158 cm³/mol. The Morgan fingerprint density at radius 2 is 1.85 bits per heavy atom. The van der Waals surface area contributed by atoms with Crippen molar-refractivity contribution in [2.45, 2.75) is 45.1 Å². The van der Waals surface area contributed by atoms with Crippen molar-refractivity contribution in [2.75, 3.05) is 13.2 Å². The van der Waals surface area contributed by atoms with Crippen molar-refractivity contribution < 1.29 is 9.84 Å². The normalized spacial score (nSPS) is 17.7. The number of aliphatic hydroxyl groups is 1. The SMILES string of the molecule is Cc1cc(-c2ccc3nc(-c4cnn(CC(C)(C)O)c4)nc([C@H]4OCCNC4c4ccccc4)c3c2)cn(C)c1=O. The fourth-order valence-electron chi connectivity index (χ4n) is 5.47. The molecule has 0 saturated carbocycles. The third-order valence-corrected chi connectivity index (χ3v) is 7.36. The summed E-state index contributed by atoms with van der Waals surface area (Å²) in [6.45, 7) is 6.97. The van der Waals surface area contributed by atoms with Crippen LogP contribution in [-0.2, 0) is 18.3 Å². The van der Waals surface area contributed by atoms with Crippen molar-refractivity contribution in [2.24, 2.45) is 7.05 Å². The number of morpholine rings is 1. The molecule has 2 aromatic carbocycles. The van der Waals surface area contributed by atoms with Crippen molar-refractivity contribution in [1.29, 1.82) is 0 Å². The summed E-state index contributed by atoms with van der Waals surface area (Å²) in [5.41, 5.74) is 5.12. The van der Waals surface area contributed by atoms with E-state index >= 15 is 0 Å². The van der Waals surface area contributed by atoms with Crippen molar-refractivity contribution in [3.05, 3.63) is 100 Å². The first-order valence-electron chi connectivity index (χ1n) is 13.8. The highest BCUT2D eigenvalue weighted by molar-refractivity contribution is 5.88. The molecule has 2 atom stereocenters. The molecule has 0 bridgehead atoms. The topological polar surface area (TPSA) is 107 Å². The van der Waals surface area contributed by atoms with Crippen LogP contribution in [0.3, 0.4) is 0 Å². The van der Waals surface area contributed by atoms with Crippen molar-refractivity contribution in [1.82, 2.24) is 29.6 Å². The minimum Gasteiger partial charge on any atom is -0.389 e. The van der Waals surface area contributed by atoms with Gasteiger partial charge in [0.05, 0.1) is 47.8 Å². The molecule has 6 rings (SSSR count). The van der Waals surface area contributed by atoms with Gasteiger partial charge in [-0.25, -0.2) is 9.97 Å². The Balaban J connectivity index is 1.53. The molecule has 210 valence electrons. The van der Waals surface area contributed by atoms with E-state index in [4.69, 9.17) is 14.7 Å². The van der Waals surface area contributed by atoms with Crippen LogP contribution in [0.25, 0.3) is 33.4 Å². The highest BCUT2D eigenvalue weighted by atomic mass is 16.5. The molecule has 4 heterocycles. The summed E-state index contributed by atoms with van der Waals surface area (Å²) in [6, 6.07) is 18.2. The Bertz CT molecular complexity index is 1740. The van der Waals surface area contributed by atoms with Crippen molar-refractivity contribution in [3.8, 4) is 22.5 Å². The van der Waals surface area contributed by atoms with Crippen LogP contribution in [-0.4, -0.2) is 48.2 Å². The van der Waals surface area contributed by atoms with E-state index in [1.165, 1.54) is 0 Å². The van der Waals surface area contributed by atoms with Gasteiger partial charge in [-0.05, 0) is 55.7 Å². The van der Waals surface area contributed by atoms with Crippen LogP contribution in [0.15, 0.2) is 78.0 Å². The molecule has 9 nitrogen and oxygen atoms in total. The highest BCUT2D eigenvalue weighted by Gasteiger charge is 2.32. The molecule has 1 saturated heterocycles. The number of hydrogen-bond donors (Lipinski definition) is 2. The van der Waals surface area contributed by atoms with Crippen LogP contribution < -0.4 is 10.9 Å². The maximum atomic E-state index is 12.3. The summed E-state index contributed by atoms with van der Waals surface area (Å²) in [5, 5.41) is 19.2.